The number of piperidine rings is 1. The first-order chi connectivity index (χ1) is 30.6. The molecule has 8 aromatic rings. The van der Waals surface area contributed by atoms with Gasteiger partial charge in [0.05, 0.1) is 16.2 Å². The number of hydrogen-bond donors (Lipinski definition) is 2. The molecule has 1 amide bonds. The molecule has 320 valence electrons. The van der Waals surface area contributed by atoms with E-state index in [0.29, 0.717) is 29.3 Å². The molecular formula is C49H43ClF3N7O3. The number of pyridine rings is 1. The molecule has 5 aromatic carbocycles. The summed E-state index contributed by atoms with van der Waals surface area (Å²) < 4.78 is 48.7. The van der Waals surface area contributed by atoms with E-state index in [0.717, 1.165) is 82.3 Å². The van der Waals surface area contributed by atoms with Gasteiger partial charge in [0, 0.05) is 42.6 Å². The van der Waals surface area contributed by atoms with Gasteiger partial charge in [-0.2, -0.15) is 0 Å². The summed E-state index contributed by atoms with van der Waals surface area (Å²) in [4.78, 5) is 28.5. The van der Waals surface area contributed by atoms with Crippen LogP contribution >= 0.6 is 11.6 Å². The fraction of sp³-hybridized carbons (Fsp3) is 0.184. The zero-order valence-corrected chi connectivity index (χ0v) is 35.0. The van der Waals surface area contributed by atoms with Gasteiger partial charge in [-0.05, 0) is 121 Å². The van der Waals surface area contributed by atoms with Gasteiger partial charge in [-0.15, -0.1) is 13.2 Å². The van der Waals surface area contributed by atoms with Gasteiger partial charge in [0.1, 0.15) is 40.7 Å². The predicted octanol–water partition coefficient (Wildman–Crippen LogP) is 11.9. The van der Waals surface area contributed by atoms with Gasteiger partial charge in [0.15, 0.2) is 0 Å². The van der Waals surface area contributed by atoms with Crippen LogP contribution in [-0.2, 0) is 13.0 Å². The number of nitrogens with zero attached hydrogens (tertiary/aromatic N) is 5. The Kier molecular flexibility index (Phi) is 13.0. The molecule has 1 aliphatic rings. The van der Waals surface area contributed by atoms with Crippen molar-refractivity contribution in [1.82, 2.24) is 24.7 Å². The number of ether oxygens (including phenoxy) is 2. The third-order valence-electron chi connectivity index (χ3n) is 10.7. The summed E-state index contributed by atoms with van der Waals surface area (Å²) in [6.07, 6.45) is 1.02. The lowest BCUT2D eigenvalue weighted by Crippen LogP contribution is -2.32. The summed E-state index contributed by atoms with van der Waals surface area (Å²) in [7, 11) is 0. The summed E-state index contributed by atoms with van der Waals surface area (Å²) in [6, 6.07) is 43.3. The SMILES string of the molecule is CCc1nc2ccc(Cl)cn2c1C(=O)NCc1ccc(N2CCC(c3ccc(OC(F)(F)F)cc3)CC2)cc1.c1ccc(Oc2ccc(Nc3ncnc4ccccc34)cc2)cc1. The maximum Gasteiger partial charge on any atom is 0.573 e. The number of halogens is 4. The number of nitrogens with one attached hydrogen (secondary N) is 2. The van der Waals surface area contributed by atoms with Crippen LogP contribution < -0.4 is 25.0 Å². The number of anilines is 3. The maximum atomic E-state index is 13.0. The molecule has 0 atom stereocenters. The molecule has 3 aromatic heterocycles. The van der Waals surface area contributed by atoms with Gasteiger partial charge in [-0.1, -0.05) is 73.1 Å². The Morgan fingerprint density at radius 1 is 0.794 bits per heavy atom. The highest BCUT2D eigenvalue weighted by Crippen LogP contribution is 2.33. The second kappa shape index (κ2) is 19.3. The fourth-order valence-corrected chi connectivity index (χ4v) is 7.69. The maximum absolute atomic E-state index is 13.0. The third-order valence-corrected chi connectivity index (χ3v) is 10.9. The van der Waals surface area contributed by atoms with E-state index < -0.39 is 6.36 Å². The summed E-state index contributed by atoms with van der Waals surface area (Å²) in [5.74, 6) is 2.29. The molecule has 1 fully saturated rings. The van der Waals surface area contributed by atoms with Crippen LogP contribution in [0.15, 0.2) is 152 Å². The van der Waals surface area contributed by atoms with E-state index in [2.05, 4.69) is 47.4 Å². The van der Waals surface area contributed by atoms with Gasteiger partial charge in [-0.3, -0.25) is 9.20 Å². The Labute approximate surface area is 367 Å². The number of fused-ring (bicyclic) bond motifs is 2. The second-order valence-electron chi connectivity index (χ2n) is 14.9. The average molecular weight is 870 g/mol. The number of carbonyl (C=O) groups excluding carboxylic acids is 1. The van der Waals surface area contributed by atoms with Crippen LogP contribution in [0.2, 0.25) is 5.02 Å². The molecule has 0 unspecified atom stereocenters. The van der Waals surface area contributed by atoms with Crippen molar-refractivity contribution < 1.29 is 27.4 Å². The molecule has 0 saturated carbocycles. The standard InChI is InChI=1S/C29H28ClF3N4O2.C20H15N3O/c1-2-25-27(37-18-22(30)7-12-26(37)35-25)28(38)34-17-19-3-8-23(9-4-19)36-15-13-21(14-16-36)20-5-10-24(11-6-20)39-29(31,32)33;1-2-6-16(7-3-1)24-17-12-10-15(11-13-17)23-20-18-8-4-5-9-19(18)21-14-22-20/h3-12,18,21H,2,13-17H2,1H3,(H,34,38);1-14H,(H,21,22,23). The van der Waals surface area contributed by atoms with E-state index in [9.17, 15) is 18.0 Å². The Hall–Kier alpha value is -7.12. The average Bonchev–Trinajstić information content (AvgIpc) is 3.67. The molecule has 1 saturated heterocycles. The third kappa shape index (κ3) is 10.9. The first-order valence-corrected chi connectivity index (χ1v) is 20.9. The molecule has 9 rings (SSSR count). The van der Waals surface area contributed by atoms with E-state index in [1.165, 1.54) is 12.1 Å². The Morgan fingerprint density at radius 3 is 2.19 bits per heavy atom. The van der Waals surface area contributed by atoms with Crippen molar-refractivity contribution in [2.24, 2.45) is 0 Å². The molecular weight excluding hydrogens is 827 g/mol. The van der Waals surface area contributed by atoms with E-state index in [-0.39, 0.29) is 17.6 Å². The molecule has 2 N–H and O–H groups in total. The number of imidazole rings is 1. The van der Waals surface area contributed by atoms with Crippen molar-refractivity contribution in [1.29, 1.82) is 0 Å². The van der Waals surface area contributed by atoms with Crippen molar-refractivity contribution in [3.63, 3.8) is 0 Å². The minimum Gasteiger partial charge on any atom is -0.457 e. The molecule has 10 nitrogen and oxygen atoms in total. The van der Waals surface area contributed by atoms with Crippen LogP contribution in [0.25, 0.3) is 16.6 Å². The Balaban J connectivity index is 0.000000193. The van der Waals surface area contributed by atoms with Crippen LogP contribution in [0.1, 0.15) is 53.0 Å². The second-order valence-corrected chi connectivity index (χ2v) is 15.3. The normalized spacial score (nSPS) is 13.0. The first kappa shape index (κ1) is 42.6. The zero-order valence-electron chi connectivity index (χ0n) is 34.2. The number of hydrogen-bond acceptors (Lipinski definition) is 8. The number of benzene rings is 5. The molecule has 63 heavy (non-hydrogen) atoms. The first-order valence-electron chi connectivity index (χ1n) is 20.5. The zero-order chi connectivity index (χ0) is 43.8. The lowest BCUT2D eigenvalue weighted by molar-refractivity contribution is -0.274. The highest BCUT2D eigenvalue weighted by molar-refractivity contribution is 6.30. The van der Waals surface area contributed by atoms with Crippen LogP contribution in [0, 0.1) is 0 Å². The van der Waals surface area contributed by atoms with Crippen LogP contribution in [0.4, 0.5) is 30.4 Å². The lowest BCUT2D eigenvalue weighted by atomic mass is 9.89. The summed E-state index contributed by atoms with van der Waals surface area (Å²) >= 11 is 6.14. The molecule has 0 radical (unpaired) electrons. The Bertz CT molecular complexity index is 2770. The lowest BCUT2D eigenvalue weighted by Gasteiger charge is -2.34. The summed E-state index contributed by atoms with van der Waals surface area (Å²) in [5.41, 5.74) is 6.86. The van der Waals surface area contributed by atoms with Gasteiger partial charge in [0.25, 0.3) is 5.91 Å². The molecule has 1 aliphatic heterocycles. The molecule has 0 bridgehead atoms. The minimum absolute atomic E-state index is 0.200. The van der Waals surface area contributed by atoms with Crippen molar-refractivity contribution in [2.75, 3.05) is 23.3 Å². The number of alkyl halides is 3. The number of aromatic nitrogens is 4. The van der Waals surface area contributed by atoms with Gasteiger partial charge in [-0.25, -0.2) is 15.0 Å². The monoisotopic (exact) mass is 869 g/mol. The largest absolute Gasteiger partial charge is 0.573 e. The van der Waals surface area contributed by atoms with E-state index in [1.807, 2.05) is 97.9 Å². The van der Waals surface area contributed by atoms with Crippen molar-refractivity contribution in [2.45, 2.75) is 45.0 Å². The van der Waals surface area contributed by atoms with E-state index in [1.54, 1.807) is 41.2 Å². The predicted molar refractivity (Wildman–Crippen MR) is 240 cm³/mol. The van der Waals surface area contributed by atoms with E-state index in [4.69, 9.17) is 16.3 Å². The molecule has 0 aliphatic carbocycles. The fourth-order valence-electron chi connectivity index (χ4n) is 7.53. The Morgan fingerprint density at radius 2 is 1.48 bits per heavy atom. The van der Waals surface area contributed by atoms with Crippen LogP contribution in [0.5, 0.6) is 17.2 Å². The molecule has 0 spiro atoms. The van der Waals surface area contributed by atoms with E-state index >= 15 is 0 Å². The number of amides is 1. The topological polar surface area (TPSA) is 106 Å². The highest BCUT2D eigenvalue weighted by Gasteiger charge is 2.31. The molecule has 4 heterocycles. The van der Waals surface area contributed by atoms with Crippen molar-refractivity contribution in [3.05, 3.63) is 180 Å². The number of carbonyl (C=O) groups is 1. The van der Waals surface area contributed by atoms with Crippen molar-refractivity contribution in [3.8, 4) is 17.2 Å². The highest BCUT2D eigenvalue weighted by atomic mass is 35.5. The van der Waals surface area contributed by atoms with Gasteiger partial charge < -0.3 is 25.0 Å². The van der Waals surface area contributed by atoms with Crippen molar-refractivity contribution >= 4 is 51.3 Å². The van der Waals surface area contributed by atoms with Crippen LogP contribution in [0.3, 0.4) is 0 Å². The smallest absolute Gasteiger partial charge is 0.457 e. The summed E-state index contributed by atoms with van der Waals surface area (Å²) in [6.45, 7) is 4.04. The number of para-hydroxylation sites is 2. The summed E-state index contributed by atoms with van der Waals surface area (Å²) in [5, 5.41) is 7.85. The minimum atomic E-state index is -4.68. The van der Waals surface area contributed by atoms with Crippen LogP contribution in [-0.4, -0.2) is 44.7 Å². The number of aryl methyl sites for hydroxylation is 1. The number of rotatable bonds is 11. The molecule has 14 heteroatoms. The van der Waals surface area contributed by atoms with Gasteiger partial charge >= 0.3 is 6.36 Å². The quantitative estimate of drug-likeness (QED) is 0.132. The van der Waals surface area contributed by atoms with Gasteiger partial charge in [0.2, 0.25) is 0 Å².